The molecule has 6 nitrogen and oxygen atoms in total. The van der Waals surface area contributed by atoms with E-state index < -0.39 is 0 Å². The highest BCUT2D eigenvalue weighted by Gasteiger charge is 2.19. The van der Waals surface area contributed by atoms with Crippen molar-refractivity contribution in [3.63, 3.8) is 0 Å². The number of methoxy groups -OCH3 is 1. The van der Waals surface area contributed by atoms with Gasteiger partial charge in [0, 0.05) is 34.4 Å². The Hall–Kier alpha value is -1.34. The number of ether oxygens (including phenoxy) is 1. The van der Waals surface area contributed by atoms with Crippen molar-refractivity contribution in [2.75, 3.05) is 45.4 Å². The fourth-order valence-electron chi connectivity index (χ4n) is 1.31. The maximum Gasteiger partial charge on any atom is 0.267 e. The highest BCUT2D eigenvalue weighted by Crippen LogP contribution is 2.25. The van der Waals surface area contributed by atoms with Gasteiger partial charge in [0.1, 0.15) is 10.7 Å². The third kappa shape index (κ3) is 3.57. The monoisotopic (exact) mass is 258 g/mol. The number of nitrogen functional groups attached to an aromatic ring is 1. The van der Waals surface area contributed by atoms with Crippen molar-refractivity contribution >= 4 is 28.2 Å². The van der Waals surface area contributed by atoms with E-state index in [1.165, 1.54) is 11.3 Å². The van der Waals surface area contributed by atoms with Crippen LogP contribution in [0.25, 0.3) is 0 Å². The molecule has 0 bridgehead atoms. The smallest absolute Gasteiger partial charge is 0.267 e. The summed E-state index contributed by atoms with van der Waals surface area (Å²) in [5, 5.41) is 3.52. The van der Waals surface area contributed by atoms with Crippen LogP contribution in [0.2, 0.25) is 0 Å². The maximum absolute atomic E-state index is 12.0. The van der Waals surface area contributed by atoms with Crippen LogP contribution in [0, 0.1) is 0 Å². The fourth-order valence-corrected chi connectivity index (χ4v) is 2.15. The van der Waals surface area contributed by atoms with Crippen molar-refractivity contribution < 1.29 is 9.53 Å². The van der Waals surface area contributed by atoms with E-state index in [-0.39, 0.29) is 11.7 Å². The molecular formula is C10H18N4O2S. The Kier molecular flexibility index (Phi) is 5.17. The number of aromatic nitrogens is 1. The number of nitrogens with zero attached hydrogens (tertiary/aromatic N) is 2. The minimum absolute atomic E-state index is 0.0994. The second-order valence-electron chi connectivity index (χ2n) is 3.56. The minimum atomic E-state index is -0.0994. The molecule has 0 radical (unpaired) electrons. The minimum Gasteiger partial charge on any atom is -0.385 e. The average Bonchev–Trinajstić information content (AvgIpc) is 2.69. The van der Waals surface area contributed by atoms with E-state index in [9.17, 15) is 4.79 Å². The van der Waals surface area contributed by atoms with Crippen molar-refractivity contribution in [2.24, 2.45) is 0 Å². The molecule has 0 spiro atoms. The third-order valence-corrected chi connectivity index (χ3v) is 3.33. The lowest BCUT2D eigenvalue weighted by Gasteiger charge is -2.15. The summed E-state index contributed by atoms with van der Waals surface area (Å²) in [5.41, 5.74) is 5.70. The summed E-state index contributed by atoms with van der Waals surface area (Å²) < 4.78 is 4.94. The van der Waals surface area contributed by atoms with Gasteiger partial charge >= 0.3 is 0 Å². The lowest BCUT2D eigenvalue weighted by molar-refractivity contribution is 0.0785. The van der Waals surface area contributed by atoms with Gasteiger partial charge in [-0.25, -0.2) is 4.98 Å². The van der Waals surface area contributed by atoms with E-state index >= 15 is 0 Å². The molecule has 1 heterocycles. The van der Waals surface area contributed by atoms with Crippen molar-refractivity contribution in [2.45, 2.75) is 6.42 Å². The number of rotatable bonds is 6. The summed E-state index contributed by atoms with van der Waals surface area (Å²) in [5.74, 6) is 0.181. The molecule has 1 aromatic heterocycles. The van der Waals surface area contributed by atoms with Crippen LogP contribution in [0.1, 0.15) is 16.1 Å². The van der Waals surface area contributed by atoms with Gasteiger partial charge in [0.2, 0.25) is 0 Å². The van der Waals surface area contributed by atoms with Crippen molar-refractivity contribution in [1.29, 1.82) is 0 Å². The quantitative estimate of drug-likeness (QED) is 0.740. The molecule has 0 saturated heterocycles. The van der Waals surface area contributed by atoms with Gasteiger partial charge in [-0.05, 0) is 6.42 Å². The van der Waals surface area contributed by atoms with E-state index in [4.69, 9.17) is 10.5 Å². The predicted octanol–water partition coefficient (Wildman–Crippen LogP) is 0.875. The van der Waals surface area contributed by atoms with Crippen LogP contribution in [0.3, 0.4) is 0 Å². The second-order valence-corrected chi connectivity index (χ2v) is 4.56. The molecule has 0 aromatic carbocycles. The average molecular weight is 258 g/mol. The number of nitrogens with two attached hydrogens (primary N) is 1. The summed E-state index contributed by atoms with van der Waals surface area (Å²) in [7, 11) is 5.13. The van der Waals surface area contributed by atoms with Crippen molar-refractivity contribution in [1.82, 2.24) is 9.88 Å². The molecule has 0 fully saturated rings. The molecule has 0 atom stereocenters. The molecule has 0 saturated carbocycles. The standard InChI is InChI=1S/C10H18N4O2S/c1-12-10-13-8(11)7(17-10)9(15)14(2)5-4-6-16-3/h4-6,11H2,1-3H3,(H,12,13). The highest BCUT2D eigenvalue weighted by molar-refractivity contribution is 7.18. The topological polar surface area (TPSA) is 80.5 Å². The number of hydrogen-bond donors (Lipinski definition) is 2. The normalized spacial score (nSPS) is 10.3. The predicted molar refractivity (Wildman–Crippen MR) is 69.5 cm³/mol. The Balaban J connectivity index is 2.64. The molecule has 1 rings (SSSR count). The number of thiazole rings is 1. The molecule has 17 heavy (non-hydrogen) atoms. The van der Waals surface area contributed by atoms with E-state index in [2.05, 4.69) is 10.3 Å². The lowest BCUT2D eigenvalue weighted by atomic mass is 10.3. The zero-order chi connectivity index (χ0) is 12.8. The number of amides is 1. The summed E-state index contributed by atoms with van der Waals surface area (Å²) in [6.07, 6.45) is 0.802. The van der Waals surface area contributed by atoms with Gasteiger partial charge in [-0.15, -0.1) is 0 Å². The third-order valence-electron chi connectivity index (χ3n) is 2.25. The highest BCUT2D eigenvalue weighted by atomic mass is 32.1. The molecule has 1 amide bonds. The van der Waals surface area contributed by atoms with Crippen LogP contribution in [-0.2, 0) is 4.74 Å². The van der Waals surface area contributed by atoms with E-state index in [1.807, 2.05) is 0 Å². The Morgan fingerprint density at radius 1 is 1.65 bits per heavy atom. The summed E-state index contributed by atoms with van der Waals surface area (Å²) in [6.45, 7) is 1.27. The summed E-state index contributed by atoms with van der Waals surface area (Å²) >= 11 is 1.27. The Morgan fingerprint density at radius 3 is 2.88 bits per heavy atom. The van der Waals surface area contributed by atoms with Crippen molar-refractivity contribution in [3.05, 3.63) is 4.88 Å². The van der Waals surface area contributed by atoms with Gasteiger partial charge in [-0.2, -0.15) is 0 Å². The number of nitrogens with one attached hydrogen (secondary N) is 1. The Labute approximate surface area is 105 Å². The molecule has 7 heteroatoms. The first kappa shape index (κ1) is 13.7. The van der Waals surface area contributed by atoms with E-state index in [1.54, 1.807) is 26.1 Å². The van der Waals surface area contributed by atoms with Gasteiger partial charge in [0.25, 0.3) is 5.91 Å². The molecule has 3 N–H and O–H groups in total. The van der Waals surface area contributed by atoms with E-state index in [0.717, 1.165) is 6.42 Å². The molecule has 0 aliphatic carbocycles. The van der Waals surface area contributed by atoms with Gasteiger partial charge < -0.3 is 20.7 Å². The first-order valence-electron chi connectivity index (χ1n) is 5.28. The maximum atomic E-state index is 12.0. The van der Waals surface area contributed by atoms with Gasteiger partial charge in [0.15, 0.2) is 5.13 Å². The number of anilines is 2. The van der Waals surface area contributed by atoms with Crippen LogP contribution in [0.5, 0.6) is 0 Å². The summed E-state index contributed by atoms with van der Waals surface area (Å²) in [6, 6.07) is 0. The molecule has 96 valence electrons. The fraction of sp³-hybridized carbons (Fsp3) is 0.600. The van der Waals surface area contributed by atoms with Crippen LogP contribution < -0.4 is 11.1 Å². The lowest BCUT2D eigenvalue weighted by Crippen LogP contribution is -2.28. The zero-order valence-corrected chi connectivity index (χ0v) is 11.1. The summed E-state index contributed by atoms with van der Waals surface area (Å²) in [4.78, 5) is 18.2. The Morgan fingerprint density at radius 2 is 2.35 bits per heavy atom. The SMILES string of the molecule is CNc1nc(N)c(C(=O)N(C)CCCOC)s1. The van der Waals surface area contributed by atoms with Crippen LogP contribution in [0.4, 0.5) is 10.9 Å². The molecule has 0 aliphatic rings. The van der Waals surface area contributed by atoms with Crippen LogP contribution in [-0.4, -0.2) is 50.1 Å². The number of hydrogen-bond acceptors (Lipinski definition) is 6. The first-order valence-corrected chi connectivity index (χ1v) is 6.10. The van der Waals surface area contributed by atoms with Crippen LogP contribution in [0.15, 0.2) is 0 Å². The van der Waals surface area contributed by atoms with Gasteiger partial charge in [0.05, 0.1) is 0 Å². The number of carbonyl (C=O) groups excluding carboxylic acids is 1. The molecular weight excluding hydrogens is 240 g/mol. The van der Waals surface area contributed by atoms with Gasteiger partial charge in [-0.1, -0.05) is 11.3 Å². The largest absolute Gasteiger partial charge is 0.385 e. The Bertz CT molecular complexity index is 380. The molecule has 1 aromatic rings. The number of carbonyl (C=O) groups is 1. The molecule has 0 aliphatic heterocycles. The van der Waals surface area contributed by atoms with Crippen molar-refractivity contribution in [3.8, 4) is 0 Å². The zero-order valence-electron chi connectivity index (χ0n) is 10.3. The first-order chi connectivity index (χ1) is 8.10. The van der Waals surface area contributed by atoms with Gasteiger partial charge in [-0.3, -0.25) is 4.79 Å². The van der Waals surface area contributed by atoms with E-state index in [0.29, 0.717) is 23.2 Å². The molecule has 0 unspecified atom stereocenters. The van der Waals surface area contributed by atoms with Crippen LogP contribution >= 0.6 is 11.3 Å². The second kappa shape index (κ2) is 6.41.